The van der Waals surface area contributed by atoms with Crippen LogP contribution in [0, 0.1) is 6.92 Å². The smallest absolute Gasteiger partial charge is 0.262 e. The Kier molecular flexibility index (Phi) is 8.04. The fraction of sp³-hybridized carbons (Fsp3) is 0.391. The number of amides is 2. The molecule has 2 amide bonds. The predicted molar refractivity (Wildman–Crippen MR) is 125 cm³/mol. The first-order valence-electron chi connectivity index (χ1n) is 10.4. The van der Waals surface area contributed by atoms with E-state index in [-0.39, 0.29) is 18.4 Å². The second kappa shape index (κ2) is 10.7. The van der Waals surface area contributed by atoms with Gasteiger partial charge in [-0.05, 0) is 55.3 Å². The number of benzene rings is 2. The molecule has 1 aliphatic rings. The highest BCUT2D eigenvalue weighted by atomic mass is 35.5. The van der Waals surface area contributed by atoms with Crippen LogP contribution < -0.4 is 15.0 Å². The van der Waals surface area contributed by atoms with Crippen molar-refractivity contribution in [3.8, 4) is 5.75 Å². The predicted octanol–water partition coefficient (Wildman–Crippen LogP) is 4.77. The number of carbonyl (C=O) groups is 2. The first-order chi connectivity index (χ1) is 14.9. The molecule has 0 aliphatic carbocycles. The third kappa shape index (κ3) is 6.28. The van der Waals surface area contributed by atoms with E-state index in [0.29, 0.717) is 41.0 Å². The molecule has 1 aliphatic heterocycles. The second-order valence-electron chi connectivity index (χ2n) is 7.53. The number of carbonyl (C=O) groups excluding carboxylic acids is 2. The average molecular weight is 464 g/mol. The zero-order chi connectivity index (χ0) is 22.4. The summed E-state index contributed by atoms with van der Waals surface area (Å²) < 4.78 is 5.53. The van der Waals surface area contributed by atoms with Gasteiger partial charge in [0.15, 0.2) is 6.61 Å². The van der Waals surface area contributed by atoms with Crippen LogP contribution in [-0.4, -0.2) is 49.5 Å². The standard InChI is InChI=1S/C23H27Cl2N3O3/c1-3-4-23(30)28-11-9-27(10-12-28)21-8-5-17(14-20(21)25)26-22(29)15-31-18-6-7-19(24)16(2)13-18/h5-8,13-14H,3-4,9-12,15H2,1-2H3,(H,26,29). The Morgan fingerprint density at radius 1 is 1.03 bits per heavy atom. The lowest BCUT2D eigenvalue weighted by Gasteiger charge is -2.36. The summed E-state index contributed by atoms with van der Waals surface area (Å²) in [5.74, 6) is 0.517. The van der Waals surface area contributed by atoms with Crippen LogP contribution in [0.15, 0.2) is 36.4 Å². The van der Waals surface area contributed by atoms with Gasteiger partial charge in [-0.2, -0.15) is 0 Å². The maximum absolute atomic E-state index is 12.2. The lowest BCUT2D eigenvalue weighted by atomic mass is 10.2. The van der Waals surface area contributed by atoms with Crippen molar-refractivity contribution < 1.29 is 14.3 Å². The summed E-state index contributed by atoms with van der Waals surface area (Å²) in [5.41, 5.74) is 2.39. The van der Waals surface area contributed by atoms with E-state index >= 15 is 0 Å². The summed E-state index contributed by atoms with van der Waals surface area (Å²) in [5, 5.41) is 4.01. The summed E-state index contributed by atoms with van der Waals surface area (Å²) in [6.45, 7) is 6.61. The van der Waals surface area contributed by atoms with Crippen LogP contribution in [-0.2, 0) is 9.59 Å². The number of piperazine rings is 1. The first kappa shape index (κ1) is 23.2. The average Bonchev–Trinajstić information content (AvgIpc) is 2.75. The van der Waals surface area contributed by atoms with Crippen LogP contribution in [0.3, 0.4) is 0 Å². The van der Waals surface area contributed by atoms with E-state index in [1.807, 2.05) is 30.9 Å². The molecule has 1 saturated heterocycles. The molecule has 8 heteroatoms. The van der Waals surface area contributed by atoms with Crippen molar-refractivity contribution in [2.24, 2.45) is 0 Å². The van der Waals surface area contributed by atoms with E-state index in [4.69, 9.17) is 27.9 Å². The summed E-state index contributed by atoms with van der Waals surface area (Å²) in [4.78, 5) is 28.4. The zero-order valence-electron chi connectivity index (χ0n) is 17.8. The van der Waals surface area contributed by atoms with E-state index in [0.717, 1.165) is 30.8 Å². The minimum atomic E-state index is -0.278. The Morgan fingerprint density at radius 2 is 1.77 bits per heavy atom. The fourth-order valence-corrected chi connectivity index (χ4v) is 3.88. The van der Waals surface area contributed by atoms with Crippen molar-refractivity contribution in [1.82, 2.24) is 4.90 Å². The van der Waals surface area contributed by atoms with E-state index in [1.54, 1.807) is 24.3 Å². The van der Waals surface area contributed by atoms with Crippen LogP contribution in [0.4, 0.5) is 11.4 Å². The molecule has 0 saturated carbocycles. The molecule has 0 aromatic heterocycles. The van der Waals surface area contributed by atoms with Crippen molar-refractivity contribution in [2.45, 2.75) is 26.7 Å². The highest BCUT2D eigenvalue weighted by Gasteiger charge is 2.22. The van der Waals surface area contributed by atoms with Gasteiger partial charge in [0.25, 0.3) is 5.91 Å². The zero-order valence-corrected chi connectivity index (χ0v) is 19.3. The lowest BCUT2D eigenvalue weighted by Crippen LogP contribution is -2.48. The van der Waals surface area contributed by atoms with Gasteiger partial charge in [0.2, 0.25) is 5.91 Å². The molecule has 0 spiro atoms. The van der Waals surface area contributed by atoms with E-state index in [2.05, 4.69) is 10.2 Å². The van der Waals surface area contributed by atoms with Crippen LogP contribution in [0.2, 0.25) is 10.0 Å². The van der Waals surface area contributed by atoms with Gasteiger partial charge in [0.1, 0.15) is 5.75 Å². The third-order valence-electron chi connectivity index (χ3n) is 5.17. The van der Waals surface area contributed by atoms with Gasteiger partial charge >= 0.3 is 0 Å². The van der Waals surface area contributed by atoms with E-state index < -0.39 is 0 Å². The van der Waals surface area contributed by atoms with Crippen molar-refractivity contribution >= 4 is 46.4 Å². The molecule has 2 aromatic carbocycles. The van der Waals surface area contributed by atoms with Gasteiger partial charge in [-0.15, -0.1) is 0 Å². The van der Waals surface area contributed by atoms with Crippen LogP contribution >= 0.6 is 23.2 Å². The number of hydrogen-bond donors (Lipinski definition) is 1. The highest BCUT2D eigenvalue weighted by Crippen LogP contribution is 2.30. The fourth-order valence-electron chi connectivity index (χ4n) is 3.46. The Bertz CT molecular complexity index is 944. The molecule has 0 bridgehead atoms. The molecule has 0 radical (unpaired) electrons. The monoisotopic (exact) mass is 463 g/mol. The second-order valence-corrected chi connectivity index (χ2v) is 8.35. The maximum atomic E-state index is 12.2. The van der Waals surface area contributed by atoms with Crippen molar-refractivity contribution in [1.29, 1.82) is 0 Å². The molecule has 0 unspecified atom stereocenters. The summed E-state index contributed by atoms with van der Waals surface area (Å²) in [6, 6.07) is 10.7. The van der Waals surface area contributed by atoms with E-state index in [9.17, 15) is 9.59 Å². The number of hydrogen-bond acceptors (Lipinski definition) is 4. The number of ether oxygens (including phenoxy) is 1. The summed E-state index contributed by atoms with van der Waals surface area (Å²) in [7, 11) is 0. The molecule has 1 N–H and O–H groups in total. The number of nitrogens with zero attached hydrogens (tertiary/aromatic N) is 2. The Labute approximate surface area is 193 Å². The summed E-state index contributed by atoms with van der Waals surface area (Å²) in [6.07, 6.45) is 1.46. The largest absolute Gasteiger partial charge is 0.484 e. The van der Waals surface area contributed by atoms with Gasteiger partial charge in [-0.3, -0.25) is 9.59 Å². The van der Waals surface area contributed by atoms with Gasteiger partial charge in [0, 0.05) is 43.3 Å². The van der Waals surface area contributed by atoms with Gasteiger partial charge in [-0.1, -0.05) is 30.1 Å². The van der Waals surface area contributed by atoms with Crippen molar-refractivity contribution in [3.05, 3.63) is 52.0 Å². The van der Waals surface area contributed by atoms with Crippen molar-refractivity contribution in [3.63, 3.8) is 0 Å². The molecule has 1 fully saturated rings. The molecule has 166 valence electrons. The van der Waals surface area contributed by atoms with E-state index in [1.165, 1.54) is 0 Å². The number of halogens is 2. The van der Waals surface area contributed by atoms with Crippen LogP contribution in [0.5, 0.6) is 5.75 Å². The Hall–Kier alpha value is -2.44. The normalized spacial score (nSPS) is 13.8. The molecular formula is C23H27Cl2N3O3. The first-order valence-corrected chi connectivity index (χ1v) is 11.1. The number of aryl methyl sites for hydroxylation is 1. The van der Waals surface area contributed by atoms with Crippen LogP contribution in [0.1, 0.15) is 25.3 Å². The minimum absolute atomic E-state index is 0.117. The highest BCUT2D eigenvalue weighted by molar-refractivity contribution is 6.33. The molecule has 0 atom stereocenters. The quantitative estimate of drug-likeness (QED) is 0.642. The molecule has 2 aromatic rings. The van der Waals surface area contributed by atoms with Gasteiger partial charge in [0.05, 0.1) is 10.7 Å². The maximum Gasteiger partial charge on any atom is 0.262 e. The molecule has 6 nitrogen and oxygen atoms in total. The number of rotatable bonds is 7. The van der Waals surface area contributed by atoms with Crippen molar-refractivity contribution in [2.75, 3.05) is 43.0 Å². The van der Waals surface area contributed by atoms with Gasteiger partial charge < -0.3 is 19.9 Å². The number of anilines is 2. The van der Waals surface area contributed by atoms with Gasteiger partial charge in [-0.25, -0.2) is 0 Å². The summed E-state index contributed by atoms with van der Waals surface area (Å²) >= 11 is 12.5. The lowest BCUT2D eigenvalue weighted by molar-refractivity contribution is -0.131. The molecule has 31 heavy (non-hydrogen) atoms. The third-order valence-corrected chi connectivity index (χ3v) is 5.89. The molecular weight excluding hydrogens is 437 g/mol. The molecule has 1 heterocycles. The molecule has 3 rings (SSSR count). The SMILES string of the molecule is CCCC(=O)N1CCN(c2ccc(NC(=O)COc3ccc(Cl)c(C)c3)cc2Cl)CC1. The topological polar surface area (TPSA) is 61.9 Å². The minimum Gasteiger partial charge on any atom is -0.484 e. The number of nitrogens with one attached hydrogen (secondary N) is 1. The van der Waals surface area contributed by atoms with Crippen LogP contribution in [0.25, 0.3) is 0 Å². The Morgan fingerprint density at radius 3 is 2.42 bits per heavy atom. The Balaban J connectivity index is 1.52.